The van der Waals surface area contributed by atoms with E-state index in [1.54, 1.807) is 67.7 Å². The van der Waals surface area contributed by atoms with Crippen LogP contribution >= 0.6 is 11.6 Å². The van der Waals surface area contributed by atoms with E-state index in [0.29, 0.717) is 45.6 Å². The molecule has 0 saturated heterocycles. The Balaban J connectivity index is 1.69. The van der Waals surface area contributed by atoms with E-state index >= 15 is 0 Å². The van der Waals surface area contributed by atoms with Crippen LogP contribution in [0.1, 0.15) is 41.3 Å². The number of ether oxygens (including phenoxy) is 3. The third-order valence-corrected chi connectivity index (χ3v) is 6.20. The highest BCUT2D eigenvalue weighted by atomic mass is 35.5. The molecule has 1 amide bonds. The molecule has 0 aliphatic carbocycles. The van der Waals surface area contributed by atoms with E-state index in [2.05, 4.69) is 0 Å². The van der Waals surface area contributed by atoms with Crippen molar-refractivity contribution in [2.75, 3.05) is 25.7 Å². The second kappa shape index (κ2) is 11.8. The number of hydrogen-bond acceptors (Lipinski definition) is 5. The number of anilines is 1. The van der Waals surface area contributed by atoms with Gasteiger partial charge < -0.3 is 14.2 Å². The molecule has 37 heavy (non-hydrogen) atoms. The van der Waals surface area contributed by atoms with Crippen molar-refractivity contribution in [1.82, 2.24) is 0 Å². The predicted molar refractivity (Wildman–Crippen MR) is 146 cm³/mol. The van der Waals surface area contributed by atoms with E-state index in [1.165, 1.54) is 0 Å². The average molecular weight is 518 g/mol. The van der Waals surface area contributed by atoms with E-state index in [0.717, 1.165) is 24.0 Å². The summed E-state index contributed by atoms with van der Waals surface area (Å²) in [5, 5.41) is 0.604. The van der Waals surface area contributed by atoms with Crippen molar-refractivity contribution in [2.24, 2.45) is 0 Å². The Kier molecular flexibility index (Phi) is 8.31. The Hall–Kier alpha value is -4.03. The molecule has 0 bridgehead atoms. The van der Waals surface area contributed by atoms with Crippen LogP contribution in [0.15, 0.2) is 78.4 Å². The van der Waals surface area contributed by atoms with Crippen LogP contribution in [0, 0.1) is 0 Å². The van der Waals surface area contributed by atoms with Crippen LogP contribution in [0.3, 0.4) is 0 Å². The van der Waals surface area contributed by atoms with Gasteiger partial charge in [0.15, 0.2) is 11.5 Å². The lowest BCUT2D eigenvalue weighted by Gasteiger charge is -2.21. The Morgan fingerprint density at radius 1 is 0.946 bits per heavy atom. The van der Waals surface area contributed by atoms with Gasteiger partial charge in [0.1, 0.15) is 0 Å². The summed E-state index contributed by atoms with van der Waals surface area (Å²) in [5.74, 6) is 0.602. The van der Waals surface area contributed by atoms with E-state index in [1.807, 2.05) is 37.3 Å². The third kappa shape index (κ3) is 5.87. The minimum absolute atomic E-state index is 0.196. The number of rotatable bonds is 9. The smallest absolute Gasteiger partial charge is 0.338 e. The molecule has 0 spiro atoms. The molecule has 1 heterocycles. The lowest BCUT2D eigenvalue weighted by molar-refractivity contribution is -0.113. The average Bonchev–Trinajstić information content (AvgIpc) is 3.24. The Morgan fingerprint density at radius 2 is 1.65 bits per heavy atom. The Labute approximate surface area is 221 Å². The third-order valence-electron chi connectivity index (χ3n) is 5.95. The van der Waals surface area contributed by atoms with Gasteiger partial charge in [0, 0.05) is 16.3 Å². The highest BCUT2D eigenvalue weighted by molar-refractivity contribution is 6.30. The van der Waals surface area contributed by atoms with Gasteiger partial charge in [-0.3, -0.25) is 9.69 Å². The van der Waals surface area contributed by atoms with Crippen molar-refractivity contribution in [3.63, 3.8) is 0 Å². The minimum Gasteiger partial charge on any atom is -0.493 e. The van der Waals surface area contributed by atoms with E-state index in [4.69, 9.17) is 25.8 Å². The van der Waals surface area contributed by atoms with Gasteiger partial charge in [-0.15, -0.1) is 0 Å². The van der Waals surface area contributed by atoms with Gasteiger partial charge in [-0.2, -0.15) is 0 Å². The number of hydrogen-bond donors (Lipinski definition) is 0. The summed E-state index contributed by atoms with van der Waals surface area (Å²) in [4.78, 5) is 27.6. The number of nitrogens with zero attached hydrogens (tertiary/aromatic N) is 1. The molecule has 1 aliphatic rings. The van der Waals surface area contributed by atoms with Gasteiger partial charge >= 0.3 is 5.97 Å². The summed E-state index contributed by atoms with van der Waals surface area (Å²) >= 11 is 6.10. The first-order valence-corrected chi connectivity index (χ1v) is 12.4. The van der Waals surface area contributed by atoms with Crippen molar-refractivity contribution in [3.8, 4) is 11.5 Å². The summed E-state index contributed by atoms with van der Waals surface area (Å²) in [6.07, 6.45) is 5.41. The molecule has 190 valence electrons. The molecule has 0 N–H and O–H groups in total. The van der Waals surface area contributed by atoms with Gasteiger partial charge in [0.05, 0.1) is 32.1 Å². The molecule has 4 rings (SSSR count). The van der Waals surface area contributed by atoms with Crippen LogP contribution in [-0.2, 0) is 9.53 Å². The lowest BCUT2D eigenvalue weighted by atomic mass is 10.1. The molecule has 0 fully saturated rings. The fraction of sp³-hybridized carbons (Fsp3) is 0.200. The van der Waals surface area contributed by atoms with Crippen LogP contribution in [0.4, 0.5) is 5.69 Å². The zero-order valence-electron chi connectivity index (χ0n) is 21.0. The molecule has 6 nitrogen and oxygen atoms in total. The number of unbranched alkanes of at least 4 members (excludes halogenated alkanes) is 1. The second-order valence-electron chi connectivity index (χ2n) is 8.43. The molecule has 3 aromatic rings. The molecule has 1 aliphatic heterocycles. The summed E-state index contributed by atoms with van der Waals surface area (Å²) < 4.78 is 16.0. The number of amides is 1. The molecule has 0 saturated carbocycles. The molecule has 0 aromatic heterocycles. The van der Waals surface area contributed by atoms with Crippen molar-refractivity contribution >= 4 is 40.9 Å². The van der Waals surface area contributed by atoms with Crippen LogP contribution < -0.4 is 14.4 Å². The number of esters is 1. The normalized spacial score (nSPS) is 14.1. The lowest BCUT2D eigenvalue weighted by Crippen LogP contribution is -2.25. The van der Waals surface area contributed by atoms with Gasteiger partial charge in [-0.25, -0.2) is 4.79 Å². The largest absolute Gasteiger partial charge is 0.493 e. The highest BCUT2D eigenvalue weighted by Gasteiger charge is 2.30. The number of halogens is 1. The van der Waals surface area contributed by atoms with Crippen molar-refractivity contribution < 1.29 is 23.8 Å². The van der Waals surface area contributed by atoms with E-state index in [-0.39, 0.29) is 11.9 Å². The van der Waals surface area contributed by atoms with Crippen LogP contribution in [0.5, 0.6) is 11.5 Å². The van der Waals surface area contributed by atoms with Crippen LogP contribution in [-0.4, -0.2) is 32.7 Å². The standard InChI is InChI=1S/C30H28ClNO5/c1-4-5-16-37-30(34)22-9-13-25(14-10-22)32-26(21-7-11-24(31)12-8-21)19-23(29(32)33)17-20-6-15-27(35-2)28(18-20)36-3/h6-15,17-19H,4-5,16H2,1-3H3/b23-17+. The fourth-order valence-electron chi connectivity index (χ4n) is 3.97. The quantitative estimate of drug-likeness (QED) is 0.178. The van der Waals surface area contributed by atoms with Crippen molar-refractivity contribution in [2.45, 2.75) is 19.8 Å². The number of carbonyl (C=O) groups is 2. The molecular formula is C30H28ClNO5. The maximum Gasteiger partial charge on any atom is 0.338 e. The zero-order valence-corrected chi connectivity index (χ0v) is 21.7. The predicted octanol–water partition coefficient (Wildman–Crippen LogP) is 6.79. The Bertz CT molecular complexity index is 1340. The summed E-state index contributed by atoms with van der Waals surface area (Å²) in [6.45, 7) is 2.42. The monoisotopic (exact) mass is 517 g/mol. The van der Waals surface area contributed by atoms with E-state index in [9.17, 15) is 9.59 Å². The first-order chi connectivity index (χ1) is 17.9. The molecular weight excluding hydrogens is 490 g/mol. The molecule has 0 unspecified atom stereocenters. The van der Waals surface area contributed by atoms with Crippen LogP contribution in [0.2, 0.25) is 5.02 Å². The number of benzene rings is 3. The van der Waals surface area contributed by atoms with Crippen LogP contribution in [0.25, 0.3) is 11.8 Å². The molecule has 3 aromatic carbocycles. The highest BCUT2D eigenvalue weighted by Crippen LogP contribution is 2.36. The summed E-state index contributed by atoms with van der Waals surface area (Å²) in [5.41, 5.74) is 3.89. The van der Waals surface area contributed by atoms with Gasteiger partial charge in [0.2, 0.25) is 0 Å². The van der Waals surface area contributed by atoms with Gasteiger partial charge in [-0.1, -0.05) is 43.1 Å². The molecule has 7 heteroatoms. The summed E-state index contributed by atoms with van der Waals surface area (Å²) in [6, 6.07) is 19.6. The SMILES string of the molecule is CCCCOC(=O)c1ccc(N2C(=O)/C(=C/c3ccc(OC)c(OC)c3)C=C2c2ccc(Cl)cc2)cc1. The van der Waals surface area contributed by atoms with E-state index < -0.39 is 0 Å². The van der Waals surface area contributed by atoms with Gasteiger partial charge in [0.25, 0.3) is 5.91 Å². The number of carbonyl (C=O) groups excluding carboxylic acids is 2. The first kappa shape index (κ1) is 26.0. The first-order valence-electron chi connectivity index (χ1n) is 12.0. The summed E-state index contributed by atoms with van der Waals surface area (Å²) in [7, 11) is 3.14. The maximum absolute atomic E-state index is 13.7. The second-order valence-corrected chi connectivity index (χ2v) is 8.86. The molecule has 0 radical (unpaired) electrons. The van der Waals surface area contributed by atoms with Crippen molar-refractivity contribution in [1.29, 1.82) is 0 Å². The molecule has 0 atom stereocenters. The van der Waals surface area contributed by atoms with Gasteiger partial charge in [-0.05, 0) is 78.2 Å². The fourth-order valence-corrected chi connectivity index (χ4v) is 4.09. The maximum atomic E-state index is 13.7. The zero-order chi connectivity index (χ0) is 26.4. The Morgan fingerprint density at radius 3 is 2.30 bits per heavy atom. The van der Waals surface area contributed by atoms with Crippen molar-refractivity contribution in [3.05, 3.63) is 100 Å². The number of methoxy groups -OCH3 is 2. The minimum atomic E-state index is -0.379. The topological polar surface area (TPSA) is 65.1 Å².